The van der Waals surface area contributed by atoms with Crippen molar-refractivity contribution >= 4 is 27.2 Å². The zero-order valence-electron chi connectivity index (χ0n) is 19.2. The molecule has 8 nitrogen and oxygen atoms in total. The van der Waals surface area contributed by atoms with Crippen LogP contribution in [0.1, 0.15) is 21.9 Å². The first-order valence-electron chi connectivity index (χ1n) is 10.8. The Bertz CT molecular complexity index is 1390. The summed E-state index contributed by atoms with van der Waals surface area (Å²) >= 11 is 1.56. The van der Waals surface area contributed by atoms with Crippen molar-refractivity contribution < 1.29 is 22.3 Å². The number of sulfonamides is 1. The third-order valence-corrected chi connectivity index (χ3v) is 7.59. The van der Waals surface area contributed by atoms with Gasteiger partial charge in [-0.3, -0.25) is 0 Å². The molecule has 0 amide bonds. The molecule has 1 aromatic carbocycles. The van der Waals surface area contributed by atoms with Gasteiger partial charge in [0.15, 0.2) is 0 Å². The lowest BCUT2D eigenvalue weighted by Crippen LogP contribution is -2.30. The van der Waals surface area contributed by atoms with Crippen LogP contribution in [-0.2, 0) is 23.0 Å². The molecule has 0 aliphatic carbocycles. The molecular formula is C24H25FN4O4S2. The maximum Gasteiger partial charge on any atom is 0.244 e. The molecule has 0 spiro atoms. The number of aryl methyl sites for hydroxylation is 2. The number of halogens is 1. The number of benzene rings is 1. The van der Waals surface area contributed by atoms with Gasteiger partial charge in [-0.1, -0.05) is 6.07 Å². The summed E-state index contributed by atoms with van der Waals surface area (Å²) in [6.45, 7) is 3.14. The minimum atomic E-state index is -3.99. The average molecular weight is 517 g/mol. The predicted octanol–water partition coefficient (Wildman–Crippen LogP) is 4.05. The van der Waals surface area contributed by atoms with Crippen molar-refractivity contribution in [2.75, 3.05) is 11.9 Å². The highest BCUT2D eigenvalue weighted by Gasteiger charge is 2.23. The molecule has 35 heavy (non-hydrogen) atoms. The first-order valence-corrected chi connectivity index (χ1v) is 13.2. The Morgan fingerprint density at radius 3 is 2.66 bits per heavy atom. The van der Waals surface area contributed by atoms with Gasteiger partial charge in [-0.2, -0.15) is 0 Å². The number of aliphatic hydroxyl groups excluding tert-OH is 1. The van der Waals surface area contributed by atoms with Crippen LogP contribution in [0.3, 0.4) is 0 Å². The summed E-state index contributed by atoms with van der Waals surface area (Å²) in [6.07, 6.45) is 2.10. The quantitative estimate of drug-likeness (QED) is 0.291. The van der Waals surface area contributed by atoms with Crippen LogP contribution in [0.2, 0.25) is 0 Å². The van der Waals surface area contributed by atoms with Gasteiger partial charge in [0.1, 0.15) is 22.3 Å². The van der Waals surface area contributed by atoms with Crippen molar-refractivity contribution in [3.8, 4) is 11.5 Å². The summed E-state index contributed by atoms with van der Waals surface area (Å²) in [7, 11) is -3.99. The maximum absolute atomic E-state index is 13.2. The van der Waals surface area contributed by atoms with E-state index in [4.69, 9.17) is 4.42 Å². The van der Waals surface area contributed by atoms with Crippen molar-refractivity contribution in [2.24, 2.45) is 0 Å². The Balaban J connectivity index is 1.53. The van der Waals surface area contributed by atoms with Gasteiger partial charge in [-0.15, -0.1) is 11.3 Å². The van der Waals surface area contributed by atoms with Crippen molar-refractivity contribution in [1.82, 2.24) is 14.7 Å². The second-order valence-corrected chi connectivity index (χ2v) is 10.8. The number of anilines is 1. The lowest BCUT2D eigenvalue weighted by molar-refractivity contribution is 0.273. The molecule has 0 bridgehead atoms. The van der Waals surface area contributed by atoms with E-state index >= 15 is 0 Å². The fraction of sp³-hybridized carbons (Fsp3) is 0.250. The van der Waals surface area contributed by atoms with E-state index in [-0.39, 0.29) is 35.6 Å². The summed E-state index contributed by atoms with van der Waals surface area (Å²) in [5.41, 5.74) is 1.67. The van der Waals surface area contributed by atoms with Gasteiger partial charge in [-0.25, -0.2) is 27.5 Å². The van der Waals surface area contributed by atoms with Gasteiger partial charge >= 0.3 is 0 Å². The lowest BCUT2D eigenvalue weighted by Gasteiger charge is -2.19. The van der Waals surface area contributed by atoms with Gasteiger partial charge in [0, 0.05) is 23.1 Å². The van der Waals surface area contributed by atoms with Crippen LogP contribution in [0, 0.1) is 19.7 Å². The highest BCUT2D eigenvalue weighted by Crippen LogP contribution is 2.25. The van der Waals surface area contributed by atoms with E-state index in [9.17, 15) is 17.9 Å². The summed E-state index contributed by atoms with van der Waals surface area (Å²) in [6, 6.07) is 10.7. The largest absolute Gasteiger partial charge is 0.441 e. The summed E-state index contributed by atoms with van der Waals surface area (Å²) in [5, 5.41) is 14.9. The summed E-state index contributed by atoms with van der Waals surface area (Å²) in [5.74, 6) is 0.502. The molecule has 0 saturated heterocycles. The van der Waals surface area contributed by atoms with E-state index in [2.05, 4.69) is 20.0 Å². The van der Waals surface area contributed by atoms with Crippen LogP contribution in [0.15, 0.2) is 63.4 Å². The minimum absolute atomic E-state index is 0.0259. The van der Waals surface area contributed by atoms with E-state index in [0.29, 0.717) is 29.0 Å². The van der Waals surface area contributed by atoms with Gasteiger partial charge in [0.05, 0.1) is 24.9 Å². The molecule has 0 radical (unpaired) electrons. The van der Waals surface area contributed by atoms with E-state index < -0.39 is 16.1 Å². The predicted molar refractivity (Wildman–Crippen MR) is 132 cm³/mol. The maximum atomic E-state index is 13.2. The molecular weight excluding hydrogens is 491 g/mol. The molecule has 0 aliphatic heterocycles. The van der Waals surface area contributed by atoms with Crippen LogP contribution in [0.25, 0.3) is 11.5 Å². The first-order chi connectivity index (χ1) is 16.7. The highest BCUT2D eigenvalue weighted by atomic mass is 32.2. The molecule has 4 aromatic rings. The average Bonchev–Trinajstić information content (AvgIpc) is 3.48. The van der Waals surface area contributed by atoms with Crippen molar-refractivity contribution in [2.45, 2.75) is 37.8 Å². The molecule has 1 unspecified atom stereocenters. The number of aliphatic hydroxyl groups is 1. The zero-order chi connectivity index (χ0) is 25.0. The molecule has 1 atom stereocenters. The van der Waals surface area contributed by atoms with Crippen LogP contribution in [-0.4, -0.2) is 36.1 Å². The van der Waals surface area contributed by atoms with Gasteiger partial charge in [0.2, 0.25) is 15.9 Å². The normalized spacial score (nSPS) is 12.6. The number of hydrogen-bond donors (Lipinski definition) is 3. The topological polar surface area (TPSA) is 117 Å². The molecule has 0 fully saturated rings. The molecule has 0 aliphatic rings. The van der Waals surface area contributed by atoms with Crippen LogP contribution in [0.5, 0.6) is 0 Å². The number of thiophene rings is 1. The molecule has 3 N–H and O–H groups in total. The number of rotatable bonds is 10. The van der Waals surface area contributed by atoms with Gasteiger partial charge < -0.3 is 14.8 Å². The highest BCUT2D eigenvalue weighted by molar-refractivity contribution is 7.89. The van der Waals surface area contributed by atoms with E-state index in [1.54, 1.807) is 43.5 Å². The third-order valence-electron chi connectivity index (χ3n) is 5.28. The fourth-order valence-corrected chi connectivity index (χ4v) is 5.41. The lowest BCUT2D eigenvalue weighted by atomic mass is 10.2. The minimum Gasteiger partial charge on any atom is -0.441 e. The van der Waals surface area contributed by atoms with Crippen molar-refractivity contribution in [3.63, 3.8) is 0 Å². The number of nitrogens with zero attached hydrogens (tertiary/aromatic N) is 2. The van der Waals surface area contributed by atoms with Crippen LogP contribution < -0.4 is 10.0 Å². The second-order valence-electron chi connectivity index (χ2n) is 8.02. The SMILES string of the molecule is Cc1cnc(NC(CO)Cc2cccs2)c(S(=O)(=O)NCc2nc(-c3ccc(F)cc3)oc2C)c1. The molecule has 3 aromatic heterocycles. The standard InChI is InChI=1S/C24H25FN4O4S2/c1-15-10-22(23(26-12-15)28-19(14-30)11-20-4-3-9-34-20)35(31,32)27-13-21-16(2)33-24(29-21)17-5-7-18(25)8-6-17/h3-10,12,19,27,30H,11,13-14H2,1-2H3,(H,26,28). The van der Waals surface area contributed by atoms with Crippen molar-refractivity contribution in [1.29, 1.82) is 0 Å². The Labute approximate surface area is 206 Å². The zero-order valence-corrected chi connectivity index (χ0v) is 20.8. The van der Waals surface area contributed by atoms with E-state index in [1.807, 2.05) is 17.5 Å². The van der Waals surface area contributed by atoms with Crippen molar-refractivity contribution in [3.05, 3.63) is 81.8 Å². The second kappa shape index (κ2) is 10.6. The summed E-state index contributed by atoms with van der Waals surface area (Å²) < 4.78 is 47.9. The first kappa shape index (κ1) is 25.0. The van der Waals surface area contributed by atoms with E-state index in [0.717, 1.165) is 4.88 Å². The molecule has 0 saturated carbocycles. The molecule has 184 valence electrons. The Hall–Kier alpha value is -3.12. The monoisotopic (exact) mass is 516 g/mol. The van der Waals surface area contributed by atoms with Gasteiger partial charge in [-0.05, 0) is 61.2 Å². The number of nitrogens with one attached hydrogen (secondary N) is 2. The Morgan fingerprint density at radius 1 is 1.20 bits per heavy atom. The van der Waals surface area contributed by atoms with E-state index in [1.165, 1.54) is 18.2 Å². The molecule has 4 rings (SSSR count). The Morgan fingerprint density at radius 2 is 1.97 bits per heavy atom. The molecule has 3 heterocycles. The fourth-order valence-electron chi connectivity index (χ4n) is 3.43. The number of oxazole rings is 1. The summed E-state index contributed by atoms with van der Waals surface area (Å²) in [4.78, 5) is 9.69. The number of hydrogen-bond acceptors (Lipinski definition) is 8. The van der Waals surface area contributed by atoms with Crippen LogP contribution in [0.4, 0.5) is 10.2 Å². The molecule has 11 heteroatoms. The van der Waals surface area contributed by atoms with Gasteiger partial charge in [0.25, 0.3) is 0 Å². The third kappa shape index (κ3) is 6.12. The number of aromatic nitrogens is 2. The number of pyridine rings is 1. The smallest absolute Gasteiger partial charge is 0.244 e. The van der Waals surface area contributed by atoms with Crippen LogP contribution >= 0.6 is 11.3 Å². The Kier molecular flexibility index (Phi) is 7.60.